The van der Waals surface area contributed by atoms with Crippen LogP contribution in [-0.2, 0) is 17.9 Å². The summed E-state index contributed by atoms with van der Waals surface area (Å²) < 4.78 is 0. The van der Waals surface area contributed by atoms with Crippen molar-refractivity contribution >= 4 is 5.91 Å². The molecule has 1 heterocycles. The molecule has 22 heavy (non-hydrogen) atoms. The van der Waals surface area contributed by atoms with Crippen LogP contribution >= 0.6 is 0 Å². The zero-order valence-electron chi connectivity index (χ0n) is 14.0. The largest absolute Gasteiger partial charge is 0.350 e. The second kappa shape index (κ2) is 7.73. The van der Waals surface area contributed by atoms with E-state index in [-0.39, 0.29) is 11.8 Å². The number of nitrogens with zero attached hydrogens (tertiary/aromatic N) is 1. The van der Waals surface area contributed by atoms with Gasteiger partial charge in [-0.15, -0.1) is 0 Å². The molecule has 1 aromatic heterocycles. The average molecular weight is 303 g/mol. The van der Waals surface area contributed by atoms with Crippen molar-refractivity contribution in [1.29, 1.82) is 0 Å². The van der Waals surface area contributed by atoms with Gasteiger partial charge in [-0.3, -0.25) is 9.78 Å². The van der Waals surface area contributed by atoms with Gasteiger partial charge in [0.2, 0.25) is 5.91 Å². The summed E-state index contributed by atoms with van der Waals surface area (Å²) in [4.78, 5) is 16.9. The third-order valence-corrected chi connectivity index (χ3v) is 4.92. The van der Waals surface area contributed by atoms with E-state index in [0.717, 1.165) is 24.1 Å². The number of nitrogens with two attached hydrogens (primary N) is 1. The molecule has 0 unspecified atom stereocenters. The Bertz CT molecular complexity index is 501. The van der Waals surface area contributed by atoms with Crippen LogP contribution in [0.2, 0.25) is 0 Å². The molecule has 1 saturated carbocycles. The summed E-state index contributed by atoms with van der Waals surface area (Å²) in [6.07, 6.45) is 5.17. The molecule has 3 N–H and O–H groups in total. The van der Waals surface area contributed by atoms with Gasteiger partial charge >= 0.3 is 0 Å². The predicted molar refractivity (Wildman–Crippen MR) is 88.8 cm³/mol. The summed E-state index contributed by atoms with van der Waals surface area (Å²) in [6.45, 7) is 7.70. The van der Waals surface area contributed by atoms with Crippen molar-refractivity contribution < 1.29 is 4.79 Å². The van der Waals surface area contributed by atoms with Crippen LogP contribution in [0.3, 0.4) is 0 Å². The minimum absolute atomic E-state index is 0.140. The SMILES string of the molecule is CC(C)[C@@H]1CC[C@@H](C)C[C@H]1C(=O)NCc1cc(CN)ccn1. The van der Waals surface area contributed by atoms with Crippen molar-refractivity contribution in [3.05, 3.63) is 29.6 Å². The first kappa shape index (κ1) is 16.9. The van der Waals surface area contributed by atoms with Gasteiger partial charge in [0.05, 0.1) is 12.2 Å². The maximum absolute atomic E-state index is 12.6. The number of hydrogen-bond acceptors (Lipinski definition) is 3. The molecule has 1 aliphatic rings. The molecule has 4 heteroatoms. The Balaban J connectivity index is 1.97. The van der Waals surface area contributed by atoms with E-state index in [0.29, 0.717) is 30.8 Å². The highest BCUT2D eigenvalue weighted by atomic mass is 16.1. The van der Waals surface area contributed by atoms with Gasteiger partial charge in [0.25, 0.3) is 0 Å². The Morgan fingerprint density at radius 1 is 1.45 bits per heavy atom. The van der Waals surface area contributed by atoms with E-state index in [4.69, 9.17) is 5.73 Å². The van der Waals surface area contributed by atoms with Gasteiger partial charge in [-0.2, -0.15) is 0 Å². The Labute approximate surface area is 133 Å². The predicted octanol–water partition coefficient (Wildman–Crippen LogP) is 2.86. The molecular formula is C18H29N3O. The van der Waals surface area contributed by atoms with Crippen LogP contribution in [-0.4, -0.2) is 10.9 Å². The van der Waals surface area contributed by atoms with E-state index in [2.05, 4.69) is 31.1 Å². The van der Waals surface area contributed by atoms with Gasteiger partial charge in [-0.05, 0) is 48.3 Å². The minimum atomic E-state index is 0.140. The van der Waals surface area contributed by atoms with Crippen LogP contribution in [0.1, 0.15) is 51.3 Å². The van der Waals surface area contributed by atoms with Crippen molar-refractivity contribution in [2.45, 2.75) is 53.1 Å². The van der Waals surface area contributed by atoms with Crippen molar-refractivity contribution in [1.82, 2.24) is 10.3 Å². The number of aromatic nitrogens is 1. The molecule has 1 aliphatic carbocycles. The topological polar surface area (TPSA) is 68.0 Å². The van der Waals surface area contributed by atoms with E-state index in [1.165, 1.54) is 6.42 Å². The molecule has 0 aliphatic heterocycles. The summed E-state index contributed by atoms with van der Waals surface area (Å²) in [5, 5.41) is 3.08. The number of hydrogen-bond donors (Lipinski definition) is 2. The third-order valence-electron chi connectivity index (χ3n) is 4.92. The molecule has 0 aromatic carbocycles. The lowest BCUT2D eigenvalue weighted by molar-refractivity contribution is -0.129. The maximum atomic E-state index is 12.6. The summed E-state index contributed by atoms with van der Waals surface area (Å²) >= 11 is 0. The van der Waals surface area contributed by atoms with Crippen LogP contribution in [0.25, 0.3) is 0 Å². The molecule has 0 saturated heterocycles. The van der Waals surface area contributed by atoms with Crippen molar-refractivity contribution in [2.75, 3.05) is 0 Å². The number of pyridine rings is 1. The van der Waals surface area contributed by atoms with Gasteiger partial charge in [-0.25, -0.2) is 0 Å². The molecule has 122 valence electrons. The zero-order chi connectivity index (χ0) is 16.1. The highest BCUT2D eigenvalue weighted by Gasteiger charge is 2.35. The van der Waals surface area contributed by atoms with Gasteiger partial charge in [0, 0.05) is 18.7 Å². The number of rotatable bonds is 5. The first-order valence-corrected chi connectivity index (χ1v) is 8.42. The van der Waals surface area contributed by atoms with Crippen molar-refractivity contribution in [3.63, 3.8) is 0 Å². The normalized spacial score (nSPS) is 25.2. The fourth-order valence-corrected chi connectivity index (χ4v) is 3.56. The Morgan fingerprint density at radius 2 is 2.23 bits per heavy atom. The standard InChI is InChI=1S/C18H29N3O/c1-12(2)16-5-4-13(3)8-17(16)18(22)21-11-15-9-14(10-19)6-7-20-15/h6-7,9,12-13,16-17H,4-5,8,10-11,19H2,1-3H3,(H,21,22)/t13-,16+,17-/m1/s1. The lowest BCUT2D eigenvalue weighted by atomic mass is 9.70. The van der Waals surface area contributed by atoms with E-state index < -0.39 is 0 Å². The minimum Gasteiger partial charge on any atom is -0.350 e. The molecule has 1 amide bonds. The number of carbonyl (C=O) groups is 1. The summed E-state index contributed by atoms with van der Waals surface area (Å²) in [5.41, 5.74) is 7.57. The van der Waals surface area contributed by atoms with Crippen LogP contribution in [0.5, 0.6) is 0 Å². The summed E-state index contributed by atoms with van der Waals surface area (Å²) in [6, 6.07) is 3.87. The molecule has 2 rings (SSSR count). The average Bonchev–Trinajstić information content (AvgIpc) is 2.52. The van der Waals surface area contributed by atoms with Crippen molar-refractivity contribution in [3.8, 4) is 0 Å². The molecule has 1 aromatic rings. The number of amides is 1. The van der Waals surface area contributed by atoms with Crippen LogP contribution in [0.4, 0.5) is 0 Å². The van der Waals surface area contributed by atoms with Crippen LogP contribution in [0, 0.1) is 23.7 Å². The van der Waals surface area contributed by atoms with E-state index in [1.807, 2.05) is 12.1 Å². The van der Waals surface area contributed by atoms with Gasteiger partial charge in [0.1, 0.15) is 0 Å². The second-order valence-electron chi connectivity index (χ2n) is 7.01. The second-order valence-corrected chi connectivity index (χ2v) is 7.01. The van der Waals surface area contributed by atoms with E-state index in [9.17, 15) is 4.79 Å². The molecule has 0 bridgehead atoms. The lowest BCUT2D eigenvalue weighted by Gasteiger charge is -2.36. The highest BCUT2D eigenvalue weighted by molar-refractivity contribution is 5.79. The smallest absolute Gasteiger partial charge is 0.223 e. The summed E-state index contributed by atoms with van der Waals surface area (Å²) in [5.74, 6) is 2.03. The first-order chi connectivity index (χ1) is 10.5. The van der Waals surface area contributed by atoms with Gasteiger partial charge < -0.3 is 11.1 Å². The third kappa shape index (κ3) is 4.29. The number of nitrogens with one attached hydrogen (secondary N) is 1. The Hall–Kier alpha value is -1.42. The van der Waals surface area contributed by atoms with Crippen LogP contribution < -0.4 is 11.1 Å². The van der Waals surface area contributed by atoms with Gasteiger partial charge in [-0.1, -0.05) is 27.2 Å². The Morgan fingerprint density at radius 3 is 2.91 bits per heavy atom. The van der Waals surface area contributed by atoms with Gasteiger partial charge in [0.15, 0.2) is 0 Å². The Kier molecular flexibility index (Phi) is 5.95. The quantitative estimate of drug-likeness (QED) is 0.879. The molecular weight excluding hydrogens is 274 g/mol. The first-order valence-electron chi connectivity index (χ1n) is 8.42. The molecule has 3 atom stereocenters. The molecule has 1 fully saturated rings. The zero-order valence-corrected chi connectivity index (χ0v) is 14.0. The molecule has 4 nitrogen and oxygen atoms in total. The fourth-order valence-electron chi connectivity index (χ4n) is 3.56. The summed E-state index contributed by atoms with van der Waals surface area (Å²) in [7, 11) is 0. The number of carbonyl (C=O) groups excluding carboxylic acids is 1. The molecule has 0 spiro atoms. The fraction of sp³-hybridized carbons (Fsp3) is 0.667. The lowest BCUT2D eigenvalue weighted by Crippen LogP contribution is -2.40. The molecule has 0 radical (unpaired) electrons. The highest BCUT2D eigenvalue weighted by Crippen LogP contribution is 2.38. The van der Waals surface area contributed by atoms with E-state index >= 15 is 0 Å². The maximum Gasteiger partial charge on any atom is 0.223 e. The van der Waals surface area contributed by atoms with Crippen LogP contribution in [0.15, 0.2) is 18.3 Å². The van der Waals surface area contributed by atoms with E-state index in [1.54, 1.807) is 6.20 Å². The monoisotopic (exact) mass is 303 g/mol. The van der Waals surface area contributed by atoms with Crippen molar-refractivity contribution in [2.24, 2.45) is 29.4 Å².